The number of nitrogens with zero attached hydrogens (tertiary/aromatic N) is 1. The Hall–Kier alpha value is 0.270. The Bertz CT molecular complexity index is 303. The Morgan fingerprint density at radius 2 is 2.05 bits per heavy atom. The van der Waals surface area contributed by atoms with E-state index in [2.05, 4.69) is 44.4 Å². The fourth-order valence-corrected chi connectivity index (χ4v) is 5.49. The fourth-order valence-electron chi connectivity index (χ4n) is 4.37. The molecule has 2 nitrogen and oxygen atoms in total. The first-order valence-corrected chi connectivity index (χ1v) is 8.99. The molecule has 1 aliphatic carbocycles. The Morgan fingerprint density at radius 1 is 1.32 bits per heavy atom. The lowest BCUT2D eigenvalue weighted by Crippen LogP contribution is -2.64. The second kappa shape index (κ2) is 5.95. The van der Waals surface area contributed by atoms with E-state index < -0.39 is 0 Å². The summed E-state index contributed by atoms with van der Waals surface area (Å²) >= 11 is 2.12. The highest BCUT2D eigenvalue weighted by Crippen LogP contribution is 2.44. The van der Waals surface area contributed by atoms with Crippen LogP contribution in [-0.2, 0) is 0 Å². The molecule has 1 saturated carbocycles. The third kappa shape index (κ3) is 3.14. The van der Waals surface area contributed by atoms with Gasteiger partial charge in [0.2, 0.25) is 0 Å². The Balaban J connectivity index is 2.24. The van der Waals surface area contributed by atoms with Crippen molar-refractivity contribution in [2.45, 2.75) is 63.7 Å². The molecule has 112 valence electrons. The summed E-state index contributed by atoms with van der Waals surface area (Å²) in [6.07, 6.45) is 5.45. The van der Waals surface area contributed by atoms with Gasteiger partial charge in [0.25, 0.3) is 0 Å². The van der Waals surface area contributed by atoms with Crippen LogP contribution in [0.2, 0.25) is 0 Å². The van der Waals surface area contributed by atoms with Crippen LogP contribution in [0, 0.1) is 11.8 Å². The van der Waals surface area contributed by atoms with Gasteiger partial charge in [-0.3, -0.25) is 4.90 Å². The van der Waals surface area contributed by atoms with Crippen LogP contribution in [0.4, 0.5) is 0 Å². The van der Waals surface area contributed by atoms with Crippen molar-refractivity contribution in [1.82, 2.24) is 4.90 Å². The third-order valence-corrected chi connectivity index (χ3v) is 6.58. The van der Waals surface area contributed by atoms with Crippen molar-refractivity contribution in [3.63, 3.8) is 0 Å². The standard InChI is InChI=1S/C16H32N2S/c1-13(2)14-7-5-6-8-16(14,11-17)18-9-10-19-15(3,4)12-18/h13-14H,5-12,17H2,1-4H3. The van der Waals surface area contributed by atoms with Gasteiger partial charge in [0.05, 0.1) is 0 Å². The quantitative estimate of drug-likeness (QED) is 0.861. The molecule has 3 heteroatoms. The summed E-state index contributed by atoms with van der Waals surface area (Å²) in [5.74, 6) is 2.80. The van der Waals surface area contributed by atoms with Crippen LogP contribution in [0.3, 0.4) is 0 Å². The monoisotopic (exact) mass is 284 g/mol. The highest BCUT2D eigenvalue weighted by molar-refractivity contribution is 8.00. The second-order valence-corrected chi connectivity index (χ2v) is 9.24. The topological polar surface area (TPSA) is 29.3 Å². The van der Waals surface area contributed by atoms with E-state index in [0.29, 0.717) is 4.75 Å². The van der Waals surface area contributed by atoms with Gasteiger partial charge < -0.3 is 5.73 Å². The normalized spacial score (nSPS) is 36.6. The minimum Gasteiger partial charge on any atom is -0.329 e. The van der Waals surface area contributed by atoms with E-state index in [1.165, 1.54) is 44.5 Å². The minimum absolute atomic E-state index is 0.282. The summed E-state index contributed by atoms with van der Waals surface area (Å²) in [7, 11) is 0. The fraction of sp³-hybridized carbons (Fsp3) is 1.00. The van der Waals surface area contributed by atoms with Gasteiger partial charge >= 0.3 is 0 Å². The van der Waals surface area contributed by atoms with E-state index in [1.54, 1.807) is 0 Å². The Labute approximate surface area is 123 Å². The lowest BCUT2D eigenvalue weighted by atomic mass is 9.66. The molecule has 0 bridgehead atoms. The van der Waals surface area contributed by atoms with Crippen LogP contribution in [0.5, 0.6) is 0 Å². The van der Waals surface area contributed by atoms with Crippen LogP contribution in [-0.4, -0.2) is 40.6 Å². The zero-order valence-corrected chi connectivity index (χ0v) is 14.1. The summed E-state index contributed by atoms with van der Waals surface area (Å²) in [6, 6.07) is 0. The van der Waals surface area contributed by atoms with E-state index in [9.17, 15) is 0 Å². The molecule has 2 aliphatic rings. The number of thioether (sulfide) groups is 1. The second-order valence-electron chi connectivity index (χ2n) is 7.43. The zero-order valence-electron chi connectivity index (χ0n) is 13.2. The van der Waals surface area contributed by atoms with Crippen LogP contribution >= 0.6 is 11.8 Å². The van der Waals surface area contributed by atoms with Gasteiger partial charge in [-0.1, -0.05) is 26.7 Å². The van der Waals surface area contributed by atoms with E-state index in [4.69, 9.17) is 5.73 Å². The summed E-state index contributed by atoms with van der Waals surface area (Å²) < 4.78 is 0.388. The van der Waals surface area contributed by atoms with Gasteiger partial charge in [0.1, 0.15) is 0 Å². The molecule has 0 aromatic rings. The zero-order chi connectivity index (χ0) is 14.1. The van der Waals surface area contributed by atoms with Crippen molar-refractivity contribution in [3.05, 3.63) is 0 Å². The molecular formula is C16H32N2S. The molecular weight excluding hydrogens is 252 g/mol. The average molecular weight is 285 g/mol. The predicted octanol–water partition coefficient (Wildman–Crippen LogP) is 3.36. The number of nitrogens with two attached hydrogens (primary N) is 1. The molecule has 0 radical (unpaired) electrons. The smallest absolute Gasteiger partial charge is 0.0363 e. The molecule has 2 atom stereocenters. The van der Waals surface area contributed by atoms with Crippen molar-refractivity contribution in [2.24, 2.45) is 17.6 Å². The van der Waals surface area contributed by atoms with Crippen LogP contribution in [0.25, 0.3) is 0 Å². The van der Waals surface area contributed by atoms with Crippen molar-refractivity contribution < 1.29 is 0 Å². The molecule has 1 heterocycles. The molecule has 2 rings (SSSR count). The SMILES string of the molecule is CC(C)C1CCCCC1(CN)N1CCSC(C)(C)C1. The van der Waals surface area contributed by atoms with Crippen LogP contribution < -0.4 is 5.73 Å². The lowest BCUT2D eigenvalue weighted by molar-refractivity contribution is -0.0163. The summed E-state index contributed by atoms with van der Waals surface area (Å²) in [4.78, 5) is 2.77. The van der Waals surface area contributed by atoms with Crippen LogP contribution in [0.1, 0.15) is 53.4 Å². The lowest BCUT2D eigenvalue weighted by Gasteiger charge is -2.56. The van der Waals surface area contributed by atoms with Crippen molar-refractivity contribution in [2.75, 3.05) is 25.4 Å². The number of hydrogen-bond donors (Lipinski definition) is 1. The first kappa shape index (κ1) is 15.7. The maximum absolute atomic E-state index is 6.34. The highest BCUT2D eigenvalue weighted by Gasteiger charge is 2.47. The predicted molar refractivity (Wildman–Crippen MR) is 86.7 cm³/mol. The molecule has 0 amide bonds. The third-order valence-electron chi connectivity index (χ3n) is 5.28. The summed E-state index contributed by atoms with van der Waals surface area (Å²) in [5.41, 5.74) is 6.62. The largest absolute Gasteiger partial charge is 0.329 e. The maximum Gasteiger partial charge on any atom is 0.0363 e. The van der Waals surface area contributed by atoms with Crippen LogP contribution in [0.15, 0.2) is 0 Å². The van der Waals surface area contributed by atoms with E-state index in [0.717, 1.165) is 18.4 Å². The average Bonchev–Trinajstić information content (AvgIpc) is 2.37. The Morgan fingerprint density at radius 3 is 2.63 bits per heavy atom. The molecule has 19 heavy (non-hydrogen) atoms. The molecule has 0 aromatic heterocycles. The van der Waals surface area contributed by atoms with Crippen molar-refractivity contribution >= 4 is 11.8 Å². The first-order valence-electron chi connectivity index (χ1n) is 8.00. The number of hydrogen-bond acceptors (Lipinski definition) is 3. The molecule has 1 aliphatic heterocycles. The van der Waals surface area contributed by atoms with Crippen molar-refractivity contribution in [1.29, 1.82) is 0 Å². The van der Waals surface area contributed by atoms with E-state index in [-0.39, 0.29) is 5.54 Å². The van der Waals surface area contributed by atoms with E-state index >= 15 is 0 Å². The van der Waals surface area contributed by atoms with Crippen molar-refractivity contribution in [3.8, 4) is 0 Å². The molecule has 2 unspecified atom stereocenters. The van der Waals surface area contributed by atoms with Gasteiger partial charge in [0.15, 0.2) is 0 Å². The minimum atomic E-state index is 0.282. The highest BCUT2D eigenvalue weighted by atomic mass is 32.2. The summed E-state index contributed by atoms with van der Waals surface area (Å²) in [6.45, 7) is 12.8. The molecule has 2 fully saturated rings. The molecule has 0 spiro atoms. The maximum atomic E-state index is 6.34. The number of rotatable bonds is 3. The molecule has 0 aromatic carbocycles. The van der Waals surface area contributed by atoms with Gasteiger partial charge in [-0.2, -0.15) is 11.8 Å². The Kier molecular flexibility index (Phi) is 4.90. The van der Waals surface area contributed by atoms with Gasteiger partial charge in [-0.15, -0.1) is 0 Å². The molecule has 1 saturated heterocycles. The van der Waals surface area contributed by atoms with E-state index in [1.807, 2.05) is 0 Å². The first-order chi connectivity index (χ1) is 8.91. The summed E-state index contributed by atoms with van der Waals surface area (Å²) in [5, 5.41) is 0. The van der Waals surface area contributed by atoms with Gasteiger partial charge in [-0.05, 0) is 38.5 Å². The van der Waals surface area contributed by atoms with Gasteiger partial charge in [-0.25, -0.2) is 0 Å². The molecule has 2 N–H and O–H groups in total. The van der Waals surface area contributed by atoms with Gasteiger partial charge in [0, 0.05) is 35.7 Å².